The molecule has 0 saturated carbocycles. The van der Waals surface area contributed by atoms with Crippen molar-refractivity contribution < 1.29 is 33.8 Å². The maximum absolute atomic E-state index is 14.3. The number of allylic oxidation sites excluding steroid dienone is 1. The number of carbonyl (C=O) groups is 4. The van der Waals surface area contributed by atoms with Crippen LogP contribution in [0.1, 0.15) is 52.2 Å². The van der Waals surface area contributed by atoms with Crippen molar-refractivity contribution in [3.63, 3.8) is 0 Å². The lowest BCUT2D eigenvalue weighted by Crippen LogP contribution is -2.59. The zero-order valence-corrected chi connectivity index (χ0v) is 24.9. The average Bonchev–Trinajstić information content (AvgIpc) is 3.63. The third-order valence-corrected chi connectivity index (χ3v) is 9.27. The van der Waals surface area contributed by atoms with E-state index in [1.807, 2.05) is 63.3 Å². The van der Waals surface area contributed by atoms with Crippen LogP contribution in [0.3, 0.4) is 0 Å². The number of aliphatic hydroxyl groups excluding tert-OH is 1. The highest BCUT2D eigenvalue weighted by Gasteiger charge is 2.74. The van der Waals surface area contributed by atoms with E-state index in [4.69, 9.17) is 9.47 Å². The number of ether oxygens (including phenoxy) is 2. The minimum Gasteiger partial charge on any atom is -0.455 e. The van der Waals surface area contributed by atoms with Crippen LogP contribution in [0.15, 0.2) is 54.6 Å². The van der Waals surface area contributed by atoms with Crippen LogP contribution < -0.4 is 0 Å². The van der Waals surface area contributed by atoms with Crippen LogP contribution in [-0.4, -0.2) is 99.6 Å². The van der Waals surface area contributed by atoms with Crippen LogP contribution in [0.4, 0.5) is 0 Å². The number of hydrogen-bond acceptors (Lipinski definition) is 7. The van der Waals surface area contributed by atoms with Crippen LogP contribution in [-0.2, 0) is 28.7 Å². The number of likely N-dealkylation sites (N-methyl/N-ethyl adjacent to an activating group) is 1. The first-order valence-electron chi connectivity index (χ1n) is 14.8. The molecule has 1 N–H and O–H groups in total. The van der Waals surface area contributed by atoms with E-state index in [1.165, 1.54) is 4.90 Å². The molecule has 3 amide bonds. The molecule has 10 heteroatoms. The topological polar surface area (TPSA) is 117 Å². The van der Waals surface area contributed by atoms with Crippen molar-refractivity contribution in [2.75, 3.05) is 20.2 Å². The normalized spacial score (nSPS) is 35.2. The maximum atomic E-state index is 14.3. The molecule has 2 fully saturated rings. The Morgan fingerprint density at radius 2 is 1.76 bits per heavy atom. The summed E-state index contributed by atoms with van der Waals surface area (Å²) in [5.74, 6) is -3.44. The first kappa shape index (κ1) is 30.0. The van der Waals surface area contributed by atoms with Gasteiger partial charge in [0.2, 0.25) is 17.7 Å². The number of amides is 3. The number of rotatable bonds is 4. The summed E-state index contributed by atoms with van der Waals surface area (Å²) < 4.78 is 12.6. The van der Waals surface area contributed by atoms with E-state index in [-0.39, 0.29) is 37.4 Å². The Morgan fingerprint density at radius 3 is 2.43 bits per heavy atom. The highest BCUT2D eigenvalue weighted by molar-refractivity contribution is 5.99. The van der Waals surface area contributed by atoms with E-state index in [2.05, 4.69) is 0 Å². The summed E-state index contributed by atoms with van der Waals surface area (Å²) in [7, 11) is 1.70. The number of cyclic esters (lactones) is 1. The molecule has 4 aliphatic heterocycles. The molecule has 4 aliphatic rings. The molecular formula is C32H41N3O7. The van der Waals surface area contributed by atoms with Gasteiger partial charge in [0.15, 0.2) is 0 Å². The summed E-state index contributed by atoms with van der Waals surface area (Å²) in [4.78, 5) is 60.4. The molecule has 0 aliphatic carbocycles. The molecule has 2 saturated heterocycles. The molecular weight excluding hydrogens is 538 g/mol. The molecule has 226 valence electrons. The van der Waals surface area contributed by atoms with Gasteiger partial charge in [-0.3, -0.25) is 19.2 Å². The molecule has 0 aromatic heterocycles. The van der Waals surface area contributed by atoms with Gasteiger partial charge in [0, 0.05) is 26.1 Å². The minimum absolute atomic E-state index is 0.0988. The summed E-state index contributed by atoms with van der Waals surface area (Å²) in [5.41, 5.74) is -0.642. The lowest BCUT2D eigenvalue weighted by molar-refractivity contribution is -0.164. The quantitative estimate of drug-likeness (QED) is 0.430. The van der Waals surface area contributed by atoms with E-state index < -0.39 is 59.6 Å². The van der Waals surface area contributed by atoms with Crippen LogP contribution in [0.5, 0.6) is 0 Å². The smallest absolute Gasteiger partial charge is 0.313 e. The summed E-state index contributed by atoms with van der Waals surface area (Å²) in [6.07, 6.45) is 6.44. The summed E-state index contributed by atoms with van der Waals surface area (Å²) in [6, 6.07) is 6.80. The van der Waals surface area contributed by atoms with Crippen molar-refractivity contribution in [3.05, 3.63) is 60.2 Å². The monoisotopic (exact) mass is 579 g/mol. The predicted octanol–water partition coefficient (Wildman–Crippen LogP) is 2.24. The van der Waals surface area contributed by atoms with Gasteiger partial charge in [-0.2, -0.15) is 0 Å². The Labute approximate surface area is 246 Å². The SMILES string of the molecule is CC(C)N1C/C=C\CCC(=O)N(C)[C@@H](C)[C@H](c2ccccc2)OC(=O)[C@@H]2[C@H]3C(=O)N([C@H](C)CO)[C@H](C1=O)[C@]31C=C[C@H]2O1. The number of nitrogens with zero attached hydrogens (tertiary/aromatic N) is 3. The Hall–Kier alpha value is -3.50. The van der Waals surface area contributed by atoms with Gasteiger partial charge in [-0.1, -0.05) is 54.6 Å². The number of carbonyl (C=O) groups excluding carboxylic acids is 4. The Balaban J connectivity index is 1.61. The second-order valence-corrected chi connectivity index (χ2v) is 12.1. The first-order chi connectivity index (χ1) is 20.0. The fraction of sp³-hybridized carbons (Fsp3) is 0.562. The number of benzene rings is 1. The molecule has 10 nitrogen and oxygen atoms in total. The molecule has 1 aromatic rings. The second kappa shape index (κ2) is 11.6. The fourth-order valence-corrected chi connectivity index (χ4v) is 6.84. The second-order valence-electron chi connectivity index (χ2n) is 12.1. The van der Waals surface area contributed by atoms with Gasteiger partial charge in [-0.25, -0.2) is 0 Å². The van der Waals surface area contributed by atoms with E-state index in [9.17, 15) is 24.3 Å². The zero-order valence-electron chi connectivity index (χ0n) is 24.9. The van der Waals surface area contributed by atoms with Gasteiger partial charge >= 0.3 is 5.97 Å². The van der Waals surface area contributed by atoms with Crippen molar-refractivity contribution in [3.8, 4) is 0 Å². The van der Waals surface area contributed by atoms with Gasteiger partial charge in [0.05, 0.1) is 30.7 Å². The number of hydrogen-bond donors (Lipinski definition) is 1. The Bertz CT molecular complexity index is 1280. The lowest BCUT2D eigenvalue weighted by Gasteiger charge is -2.39. The zero-order chi connectivity index (χ0) is 30.3. The van der Waals surface area contributed by atoms with Crippen LogP contribution >= 0.6 is 0 Å². The molecule has 1 aromatic carbocycles. The van der Waals surface area contributed by atoms with Gasteiger partial charge in [-0.15, -0.1) is 0 Å². The van der Waals surface area contributed by atoms with Gasteiger partial charge in [0.1, 0.15) is 23.7 Å². The van der Waals surface area contributed by atoms with E-state index in [0.717, 1.165) is 5.56 Å². The van der Waals surface area contributed by atoms with Crippen LogP contribution in [0.25, 0.3) is 0 Å². The third-order valence-electron chi connectivity index (χ3n) is 9.27. The molecule has 4 heterocycles. The third kappa shape index (κ3) is 4.84. The summed E-state index contributed by atoms with van der Waals surface area (Å²) in [6.45, 7) is 7.24. The molecule has 0 unspecified atom stereocenters. The predicted molar refractivity (Wildman–Crippen MR) is 154 cm³/mol. The number of likely N-dealkylation sites (tertiary alicyclic amines) is 1. The van der Waals surface area contributed by atoms with Crippen LogP contribution in [0.2, 0.25) is 0 Å². The number of fused-ring (bicyclic) bond motifs is 2. The van der Waals surface area contributed by atoms with Crippen molar-refractivity contribution in [2.24, 2.45) is 11.8 Å². The molecule has 5 rings (SSSR count). The Kier molecular flexibility index (Phi) is 8.31. The van der Waals surface area contributed by atoms with Gasteiger partial charge < -0.3 is 29.3 Å². The average molecular weight is 580 g/mol. The van der Waals surface area contributed by atoms with Crippen molar-refractivity contribution in [2.45, 2.75) is 82.5 Å². The maximum Gasteiger partial charge on any atom is 0.313 e. The first-order valence-corrected chi connectivity index (χ1v) is 14.8. The molecule has 0 radical (unpaired) electrons. The summed E-state index contributed by atoms with van der Waals surface area (Å²) in [5, 5.41) is 10.1. The largest absolute Gasteiger partial charge is 0.455 e. The highest BCUT2D eigenvalue weighted by Crippen LogP contribution is 2.56. The van der Waals surface area contributed by atoms with Gasteiger partial charge in [0.25, 0.3) is 0 Å². The minimum atomic E-state index is -1.36. The molecule has 1 spiro atoms. The fourth-order valence-electron chi connectivity index (χ4n) is 6.84. The van der Waals surface area contributed by atoms with E-state index in [1.54, 1.807) is 35.9 Å². The van der Waals surface area contributed by atoms with E-state index in [0.29, 0.717) is 6.42 Å². The molecule has 8 atom stereocenters. The van der Waals surface area contributed by atoms with Gasteiger partial charge in [-0.05, 0) is 39.7 Å². The number of esters is 1. The lowest BCUT2D eigenvalue weighted by atomic mass is 9.74. The van der Waals surface area contributed by atoms with E-state index >= 15 is 0 Å². The van der Waals surface area contributed by atoms with Crippen LogP contribution in [0, 0.1) is 11.8 Å². The Morgan fingerprint density at radius 1 is 1.05 bits per heavy atom. The highest BCUT2D eigenvalue weighted by atomic mass is 16.6. The number of aliphatic hydroxyl groups is 1. The summed E-state index contributed by atoms with van der Waals surface area (Å²) >= 11 is 0. The standard InChI is InChI=1S/C32H41N3O7/c1-19(2)34-17-11-7-10-14-24(37)33(5)21(4)27(22-12-8-6-9-13-22)41-31(40)25-23-15-16-32(42-23)26(25)29(38)35(20(3)18-36)28(32)30(34)39/h6-9,11-13,15-16,19-21,23,25-28,36H,10,14,17-18H2,1-5H3/b11-7-/t20-,21+,23-,25+,26+,27-,28-,32+/m1/s1. The van der Waals surface area contributed by atoms with Crippen molar-refractivity contribution >= 4 is 23.7 Å². The van der Waals surface area contributed by atoms with Crippen molar-refractivity contribution in [1.82, 2.24) is 14.7 Å². The molecule has 5 bridgehead atoms. The van der Waals surface area contributed by atoms with Crippen molar-refractivity contribution in [1.29, 1.82) is 0 Å². The molecule has 42 heavy (non-hydrogen) atoms.